The van der Waals surface area contributed by atoms with E-state index in [9.17, 15) is 19.2 Å². The molecule has 186 valence electrons. The van der Waals surface area contributed by atoms with Crippen molar-refractivity contribution in [1.82, 2.24) is 9.78 Å². The van der Waals surface area contributed by atoms with Gasteiger partial charge in [0.15, 0.2) is 18.2 Å². The summed E-state index contributed by atoms with van der Waals surface area (Å²) in [6.07, 6.45) is 0.589. The van der Waals surface area contributed by atoms with Gasteiger partial charge < -0.3 is 10.1 Å². The van der Waals surface area contributed by atoms with Crippen LogP contribution in [0.1, 0.15) is 69.1 Å². The highest BCUT2D eigenvalue weighted by atomic mass is 16.5. The van der Waals surface area contributed by atoms with Gasteiger partial charge in [0.05, 0.1) is 16.9 Å². The summed E-state index contributed by atoms with van der Waals surface area (Å²) in [7, 11) is 0. The van der Waals surface area contributed by atoms with Crippen molar-refractivity contribution in [1.29, 1.82) is 0 Å². The van der Waals surface area contributed by atoms with Gasteiger partial charge in [-0.05, 0) is 37.8 Å². The molecule has 36 heavy (non-hydrogen) atoms. The lowest BCUT2D eigenvalue weighted by Crippen LogP contribution is -2.26. The number of fused-ring (bicyclic) bond motifs is 2. The third-order valence-electron chi connectivity index (χ3n) is 6.24. The summed E-state index contributed by atoms with van der Waals surface area (Å²) in [5, 5.41) is 7.18. The van der Waals surface area contributed by atoms with Crippen LogP contribution in [-0.2, 0) is 27.3 Å². The Bertz CT molecular complexity index is 1370. The van der Waals surface area contributed by atoms with Gasteiger partial charge in [0.25, 0.3) is 5.91 Å². The third kappa shape index (κ3) is 4.98. The van der Waals surface area contributed by atoms with Crippen molar-refractivity contribution in [3.05, 3.63) is 81.7 Å². The molecule has 3 aromatic rings. The topological polar surface area (TPSA) is 107 Å². The molecule has 2 aromatic carbocycles. The Balaban J connectivity index is 1.37. The minimum atomic E-state index is -0.590. The molecule has 0 unspecified atom stereocenters. The summed E-state index contributed by atoms with van der Waals surface area (Å²) >= 11 is 0. The Morgan fingerprint density at radius 1 is 0.972 bits per heavy atom. The Kier molecular flexibility index (Phi) is 7.15. The average molecular weight is 488 g/mol. The molecule has 8 heteroatoms. The van der Waals surface area contributed by atoms with E-state index in [1.807, 2.05) is 18.5 Å². The number of anilines is 1. The van der Waals surface area contributed by atoms with E-state index < -0.39 is 18.5 Å². The molecule has 1 aliphatic rings. The number of aryl methyl sites for hydroxylation is 1. The Hall–Kier alpha value is -4.07. The number of rotatable bonds is 8. The predicted molar refractivity (Wildman–Crippen MR) is 134 cm³/mol. The highest BCUT2D eigenvalue weighted by molar-refractivity contribution is 6.30. The number of aromatic nitrogens is 2. The quantitative estimate of drug-likeness (QED) is 0.376. The average Bonchev–Trinajstić information content (AvgIpc) is 3.11. The van der Waals surface area contributed by atoms with Crippen LogP contribution in [0.2, 0.25) is 0 Å². The lowest BCUT2D eigenvalue weighted by molar-refractivity contribution is -0.147. The van der Waals surface area contributed by atoms with Crippen LogP contribution in [-0.4, -0.2) is 39.8 Å². The minimum absolute atomic E-state index is 0.118. The number of nitrogens with zero attached hydrogens (tertiary/aromatic N) is 2. The first-order valence-electron chi connectivity index (χ1n) is 12.0. The Morgan fingerprint density at radius 2 is 1.64 bits per heavy atom. The van der Waals surface area contributed by atoms with Crippen LogP contribution in [0.25, 0.3) is 0 Å². The molecule has 0 saturated heterocycles. The number of carbonyl (C=O) groups excluding carboxylic acids is 4. The summed E-state index contributed by atoms with van der Waals surface area (Å²) in [5.41, 5.74) is 4.15. The lowest BCUT2D eigenvalue weighted by Gasteiger charge is -2.20. The van der Waals surface area contributed by atoms with Gasteiger partial charge in [-0.2, -0.15) is 5.10 Å². The van der Waals surface area contributed by atoms with E-state index in [1.165, 1.54) is 0 Å². The zero-order valence-corrected chi connectivity index (χ0v) is 20.9. The van der Waals surface area contributed by atoms with Gasteiger partial charge >= 0.3 is 5.97 Å². The maximum absolute atomic E-state index is 13.1. The number of hydrogen-bond donors (Lipinski definition) is 1. The molecule has 8 nitrogen and oxygen atoms in total. The molecule has 1 aromatic heterocycles. The van der Waals surface area contributed by atoms with Gasteiger partial charge in [0.1, 0.15) is 0 Å². The highest BCUT2D eigenvalue weighted by Crippen LogP contribution is 2.31. The van der Waals surface area contributed by atoms with Gasteiger partial charge in [-0.15, -0.1) is 0 Å². The van der Waals surface area contributed by atoms with Crippen molar-refractivity contribution in [2.75, 3.05) is 11.9 Å². The Labute approximate surface area is 209 Å². The molecule has 0 saturated carbocycles. The molecule has 1 aliphatic carbocycles. The highest BCUT2D eigenvalue weighted by Gasteiger charge is 2.31. The van der Waals surface area contributed by atoms with E-state index >= 15 is 0 Å². The number of ether oxygens (including phenoxy) is 1. The number of carbonyl (C=O) groups is 4. The van der Waals surface area contributed by atoms with E-state index in [4.69, 9.17) is 4.74 Å². The number of amides is 1. The zero-order valence-electron chi connectivity index (χ0n) is 20.9. The first-order valence-corrected chi connectivity index (χ1v) is 12.0. The summed E-state index contributed by atoms with van der Waals surface area (Å²) in [6.45, 7) is 8.46. The summed E-state index contributed by atoms with van der Waals surface area (Å²) in [5.74, 6) is -1.25. The summed E-state index contributed by atoms with van der Waals surface area (Å²) in [6, 6.07) is 11.3. The second kappa shape index (κ2) is 10.3. The van der Waals surface area contributed by atoms with E-state index in [1.54, 1.807) is 42.5 Å². The van der Waals surface area contributed by atoms with Crippen molar-refractivity contribution in [2.45, 2.75) is 47.1 Å². The molecule has 0 spiro atoms. The van der Waals surface area contributed by atoms with E-state index in [0.29, 0.717) is 23.5 Å². The van der Waals surface area contributed by atoms with E-state index in [0.717, 1.165) is 23.5 Å². The second-order valence-corrected chi connectivity index (χ2v) is 9.37. The standard InChI is InChI=1S/C28H29N3O5/c1-16(2)14-31-18(4)19(17(3)30-31)12-13-25(33)36-15-24(32)29-23-11-7-10-22-26(23)28(35)21-9-6-5-8-20(21)27(22)34/h5-11,16H,12-15H2,1-4H3,(H,29,32). The van der Waals surface area contributed by atoms with Crippen LogP contribution >= 0.6 is 0 Å². The van der Waals surface area contributed by atoms with E-state index in [2.05, 4.69) is 24.3 Å². The van der Waals surface area contributed by atoms with Crippen LogP contribution in [0.3, 0.4) is 0 Å². The van der Waals surface area contributed by atoms with Crippen molar-refractivity contribution >= 4 is 29.1 Å². The largest absolute Gasteiger partial charge is 0.456 e. The molecule has 4 rings (SSSR count). The number of benzene rings is 2. The molecule has 1 heterocycles. The summed E-state index contributed by atoms with van der Waals surface area (Å²) in [4.78, 5) is 50.8. The molecule has 0 bridgehead atoms. The van der Waals surface area contributed by atoms with Crippen molar-refractivity contribution in [3.63, 3.8) is 0 Å². The monoisotopic (exact) mass is 487 g/mol. The summed E-state index contributed by atoms with van der Waals surface area (Å²) < 4.78 is 7.12. The van der Waals surface area contributed by atoms with Crippen LogP contribution in [0.4, 0.5) is 5.69 Å². The number of esters is 1. The van der Waals surface area contributed by atoms with Gasteiger partial charge in [-0.25, -0.2) is 0 Å². The normalized spacial score (nSPS) is 12.4. The maximum atomic E-state index is 13.1. The SMILES string of the molecule is Cc1nn(CC(C)C)c(C)c1CCC(=O)OCC(=O)Nc1cccc2c1C(=O)c1ccccc1C2=O. The van der Waals surface area contributed by atoms with Crippen LogP contribution in [0, 0.1) is 19.8 Å². The molecular weight excluding hydrogens is 458 g/mol. The molecular formula is C28H29N3O5. The van der Waals surface area contributed by atoms with Crippen LogP contribution in [0.15, 0.2) is 42.5 Å². The molecule has 0 fully saturated rings. The van der Waals surface area contributed by atoms with Gasteiger partial charge in [-0.3, -0.25) is 23.9 Å². The zero-order chi connectivity index (χ0) is 26.0. The smallest absolute Gasteiger partial charge is 0.306 e. The number of ketones is 2. The first kappa shape index (κ1) is 25.0. The first-order chi connectivity index (χ1) is 17.2. The predicted octanol–water partition coefficient (Wildman–Crippen LogP) is 4.05. The molecule has 1 N–H and O–H groups in total. The minimum Gasteiger partial charge on any atom is -0.456 e. The molecule has 0 radical (unpaired) electrons. The third-order valence-corrected chi connectivity index (χ3v) is 6.24. The fourth-order valence-electron chi connectivity index (χ4n) is 4.50. The fraction of sp³-hybridized carbons (Fsp3) is 0.321. The molecule has 1 amide bonds. The molecule has 0 aliphatic heterocycles. The maximum Gasteiger partial charge on any atom is 0.306 e. The van der Waals surface area contributed by atoms with Crippen molar-refractivity contribution in [3.8, 4) is 0 Å². The van der Waals surface area contributed by atoms with E-state index in [-0.39, 0.29) is 34.8 Å². The van der Waals surface area contributed by atoms with Crippen molar-refractivity contribution < 1.29 is 23.9 Å². The van der Waals surface area contributed by atoms with Crippen LogP contribution in [0.5, 0.6) is 0 Å². The fourth-order valence-corrected chi connectivity index (χ4v) is 4.50. The lowest BCUT2D eigenvalue weighted by atomic mass is 9.83. The second-order valence-electron chi connectivity index (χ2n) is 9.37. The van der Waals surface area contributed by atoms with Crippen LogP contribution < -0.4 is 5.32 Å². The van der Waals surface area contributed by atoms with Gasteiger partial charge in [-0.1, -0.05) is 50.2 Å². The number of nitrogens with one attached hydrogen (secondary N) is 1. The van der Waals surface area contributed by atoms with Crippen molar-refractivity contribution in [2.24, 2.45) is 5.92 Å². The number of hydrogen-bond acceptors (Lipinski definition) is 6. The van der Waals surface area contributed by atoms with Gasteiger partial charge in [0, 0.05) is 35.3 Å². The van der Waals surface area contributed by atoms with Gasteiger partial charge in [0.2, 0.25) is 0 Å². The molecule has 0 atom stereocenters. The Morgan fingerprint density at radius 3 is 2.33 bits per heavy atom.